The van der Waals surface area contributed by atoms with Crippen molar-refractivity contribution >= 4 is 5.91 Å². The van der Waals surface area contributed by atoms with Gasteiger partial charge in [0.1, 0.15) is 0 Å². The number of H-pyrrole nitrogens is 1. The Morgan fingerprint density at radius 1 is 1.29 bits per heavy atom. The van der Waals surface area contributed by atoms with Gasteiger partial charge in [0, 0.05) is 18.3 Å². The highest BCUT2D eigenvalue weighted by atomic mass is 16.2. The van der Waals surface area contributed by atoms with Crippen LogP contribution in [0.3, 0.4) is 0 Å². The lowest BCUT2D eigenvalue weighted by Gasteiger charge is -2.28. The second-order valence-electron chi connectivity index (χ2n) is 5.25. The van der Waals surface area contributed by atoms with Crippen LogP contribution in [0.5, 0.6) is 0 Å². The van der Waals surface area contributed by atoms with Crippen LogP contribution < -0.4 is 0 Å². The largest absolute Gasteiger partial charge is 0.336 e. The molecule has 1 heterocycles. The Labute approximate surface area is 103 Å². The predicted molar refractivity (Wildman–Crippen MR) is 69.1 cm³/mol. The maximum absolute atomic E-state index is 12.5. The van der Waals surface area contributed by atoms with E-state index in [-0.39, 0.29) is 11.9 Å². The summed E-state index contributed by atoms with van der Waals surface area (Å²) in [6.45, 7) is 12.9. The van der Waals surface area contributed by atoms with Gasteiger partial charge in [-0.1, -0.05) is 13.8 Å². The van der Waals surface area contributed by atoms with Crippen molar-refractivity contribution in [2.75, 3.05) is 6.54 Å². The van der Waals surface area contributed by atoms with Gasteiger partial charge in [0.25, 0.3) is 5.91 Å². The van der Waals surface area contributed by atoms with Gasteiger partial charge in [-0.15, -0.1) is 0 Å². The van der Waals surface area contributed by atoms with Crippen molar-refractivity contribution in [1.29, 1.82) is 0 Å². The minimum absolute atomic E-state index is 0.0810. The number of aromatic amines is 1. The Bertz CT molecular complexity index is 374. The molecule has 0 fully saturated rings. The molecule has 1 aromatic heterocycles. The molecule has 0 radical (unpaired) electrons. The molecule has 0 unspecified atom stereocenters. The molecular formula is C13H23N3O. The first-order chi connectivity index (χ1) is 7.84. The summed E-state index contributed by atoms with van der Waals surface area (Å²) in [6, 6.07) is 0.207. The molecule has 1 N–H and O–H groups in total. The lowest BCUT2D eigenvalue weighted by Crippen LogP contribution is -2.39. The van der Waals surface area contributed by atoms with Crippen LogP contribution in [0.4, 0.5) is 0 Å². The van der Waals surface area contributed by atoms with E-state index in [0.717, 1.165) is 23.5 Å². The number of carbonyl (C=O) groups is 1. The van der Waals surface area contributed by atoms with Crippen molar-refractivity contribution in [3.8, 4) is 0 Å². The third-order valence-electron chi connectivity index (χ3n) is 2.79. The molecule has 0 saturated heterocycles. The van der Waals surface area contributed by atoms with Gasteiger partial charge in [-0.05, 0) is 33.6 Å². The number of nitrogens with zero attached hydrogens (tertiary/aromatic N) is 2. The Balaban J connectivity index is 3.00. The lowest BCUT2D eigenvalue weighted by molar-refractivity contribution is 0.0680. The number of nitrogens with one attached hydrogen (secondary N) is 1. The van der Waals surface area contributed by atoms with Crippen LogP contribution in [0.15, 0.2) is 0 Å². The molecule has 96 valence electrons. The zero-order valence-corrected chi connectivity index (χ0v) is 11.7. The van der Waals surface area contributed by atoms with Crippen LogP contribution in [0.25, 0.3) is 0 Å². The van der Waals surface area contributed by atoms with Gasteiger partial charge in [0.2, 0.25) is 0 Å². The topological polar surface area (TPSA) is 49.0 Å². The van der Waals surface area contributed by atoms with E-state index in [4.69, 9.17) is 0 Å². The zero-order valence-electron chi connectivity index (χ0n) is 11.7. The van der Waals surface area contributed by atoms with Crippen LogP contribution in [-0.2, 0) is 0 Å². The van der Waals surface area contributed by atoms with E-state index in [0.29, 0.717) is 5.92 Å². The van der Waals surface area contributed by atoms with Crippen molar-refractivity contribution in [2.45, 2.75) is 47.6 Å². The smallest absolute Gasteiger partial charge is 0.257 e. The first kappa shape index (κ1) is 13.7. The summed E-state index contributed by atoms with van der Waals surface area (Å²) in [4.78, 5) is 14.4. The van der Waals surface area contributed by atoms with Crippen molar-refractivity contribution in [2.24, 2.45) is 5.92 Å². The summed E-state index contributed by atoms with van der Waals surface area (Å²) in [5.41, 5.74) is 2.35. The van der Waals surface area contributed by atoms with Gasteiger partial charge in [0.15, 0.2) is 0 Å². The molecule has 4 nitrogen and oxygen atoms in total. The summed E-state index contributed by atoms with van der Waals surface area (Å²) in [5.74, 6) is 0.548. The monoisotopic (exact) mass is 237 g/mol. The van der Waals surface area contributed by atoms with Gasteiger partial charge < -0.3 is 4.90 Å². The molecule has 0 spiro atoms. The molecule has 4 heteroatoms. The molecule has 0 saturated carbocycles. The molecule has 1 rings (SSSR count). The van der Waals surface area contributed by atoms with Crippen molar-refractivity contribution in [3.63, 3.8) is 0 Å². The maximum atomic E-state index is 12.5. The van der Waals surface area contributed by atoms with E-state index in [1.54, 1.807) is 0 Å². The molecule has 0 aliphatic rings. The minimum atomic E-state index is 0.0810. The highest BCUT2D eigenvalue weighted by molar-refractivity contribution is 5.96. The Hall–Kier alpha value is -1.32. The average molecular weight is 237 g/mol. The average Bonchev–Trinajstić information content (AvgIpc) is 2.53. The summed E-state index contributed by atoms with van der Waals surface area (Å²) >= 11 is 0. The predicted octanol–water partition coefficient (Wildman–Crippen LogP) is 2.53. The molecule has 1 amide bonds. The summed E-state index contributed by atoms with van der Waals surface area (Å²) in [5, 5.41) is 6.95. The third-order valence-corrected chi connectivity index (χ3v) is 2.79. The van der Waals surface area contributed by atoms with Crippen LogP contribution in [-0.4, -0.2) is 33.6 Å². The van der Waals surface area contributed by atoms with Crippen molar-refractivity contribution < 1.29 is 4.79 Å². The van der Waals surface area contributed by atoms with E-state index in [1.165, 1.54) is 0 Å². The molecule has 0 aromatic carbocycles. The van der Waals surface area contributed by atoms with Crippen LogP contribution in [0, 0.1) is 19.8 Å². The number of hydrogen-bond donors (Lipinski definition) is 1. The maximum Gasteiger partial charge on any atom is 0.257 e. The van der Waals surface area contributed by atoms with Crippen molar-refractivity contribution in [1.82, 2.24) is 15.1 Å². The van der Waals surface area contributed by atoms with E-state index in [9.17, 15) is 4.79 Å². The van der Waals surface area contributed by atoms with Gasteiger partial charge in [-0.3, -0.25) is 9.89 Å². The second-order valence-corrected chi connectivity index (χ2v) is 5.25. The number of amides is 1. The second kappa shape index (κ2) is 5.34. The highest BCUT2D eigenvalue weighted by Gasteiger charge is 2.24. The van der Waals surface area contributed by atoms with E-state index >= 15 is 0 Å². The first-order valence-electron chi connectivity index (χ1n) is 6.17. The number of carbonyl (C=O) groups excluding carboxylic acids is 1. The standard InChI is InChI=1S/C13H23N3O/c1-8(2)7-16(9(3)4)13(17)12-10(5)14-15-11(12)6/h8-9H,7H2,1-6H3,(H,14,15). The fraction of sp³-hybridized carbons (Fsp3) is 0.692. The van der Waals surface area contributed by atoms with Gasteiger partial charge in [-0.2, -0.15) is 5.10 Å². The number of aryl methyl sites for hydroxylation is 2. The van der Waals surface area contributed by atoms with Crippen LogP contribution >= 0.6 is 0 Å². The van der Waals surface area contributed by atoms with Gasteiger partial charge in [0.05, 0.1) is 11.3 Å². The first-order valence-corrected chi connectivity index (χ1v) is 6.17. The molecular weight excluding hydrogens is 214 g/mol. The number of hydrogen-bond acceptors (Lipinski definition) is 2. The molecule has 0 atom stereocenters. The third kappa shape index (κ3) is 3.08. The molecule has 17 heavy (non-hydrogen) atoms. The minimum Gasteiger partial charge on any atom is -0.336 e. The van der Waals surface area contributed by atoms with Crippen LogP contribution in [0.1, 0.15) is 49.4 Å². The lowest BCUT2D eigenvalue weighted by atomic mass is 10.1. The molecule has 0 aliphatic carbocycles. The molecule has 0 aliphatic heterocycles. The van der Waals surface area contributed by atoms with E-state index in [2.05, 4.69) is 24.0 Å². The number of rotatable bonds is 4. The quantitative estimate of drug-likeness (QED) is 0.874. The fourth-order valence-electron chi connectivity index (χ4n) is 1.93. The van der Waals surface area contributed by atoms with Gasteiger partial charge in [-0.25, -0.2) is 0 Å². The number of aromatic nitrogens is 2. The van der Waals surface area contributed by atoms with Crippen molar-refractivity contribution in [3.05, 3.63) is 17.0 Å². The summed E-state index contributed by atoms with van der Waals surface area (Å²) in [6.07, 6.45) is 0. The van der Waals surface area contributed by atoms with E-state index in [1.807, 2.05) is 32.6 Å². The SMILES string of the molecule is Cc1n[nH]c(C)c1C(=O)N(CC(C)C)C(C)C. The summed E-state index contributed by atoms with van der Waals surface area (Å²) in [7, 11) is 0. The van der Waals surface area contributed by atoms with Gasteiger partial charge >= 0.3 is 0 Å². The fourth-order valence-corrected chi connectivity index (χ4v) is 1.93. The van der Waals surface area contributed by atoms with Crippen LogP contribution in [0.2, 0.25) is 0 Å². The Morgan fingerprint density at radius 3 is 2.24 bits per heavy atom. The normalized spacial score (nSPS) is 11.3. The Morgan fingerprint density at radius 2 is 1.88 bits per heavy atom. The van der Waals surface area contributed by atoms with E-state index < -0.39 is 0 Å². The summed E-state index contributed by atoms with van der Waals surface area (Å²) < 4.78 is 0. The zero-order chi connectivity index (χ0) is 13.2. The highest BCUT2D eigenvalue weighted by Crippen LogP contribution is 2.16. The molecule has 1 aromatic rings. The Kier molecular flexibility index (Phi) is 4.32. The molecule has 0 bridgehead atoms.